The summed E-state index contributed by atoms with van der Waals surface area (Å²) >= 11 is 12.1. The maximum atomic E-state index is 6.10. The van der Waals surface area contributed by atoms with E-state index in [1.165, 1.54) is 0 Å². The minimum atomic E-state index is 0.280. The molecule has 96 valence electrons. The second-order valence-corrected chi connectivity index (χ2v) is 4.55. The zero-order chi connectivity index (χ0) is 13.1. The second-order valence-electron chi connectivity index (χ2n) is 3.74. The largest absolute Gasteiger partial charge is 0.406 e. The van der Waals surface area contributed by atoms with Gasteiger partial charge < -0.3 is 15.1 Å². The van der Waals surface area contributed by atoms with Crippen molar-refractivity contribution in [2.45, 2.75) is 13.5 Å². The lowest BCUT2D eigenvalue weighted by atomic mass is 10.2. The molecule has 0 fully saturated rings. The fourth-order valence-electron chi connectivity index (χ4n) is 1.38. The highest BCUT2D eigenvalue weighted by atomic mass is 35.5. The van der Waals surface area contributed by atoms with Crippen LogP contribution in [0.2, 0.25) is 10.0 Å². The van der Waals surface area contributed by atoms with Gasteiger partial charge in [-0.2, -0.15) is 0 Å². The number of aryl methyl sites for hydroxylation is 1. The quantitative estimate of drug-likeness (QED) is 0.904. The highest BCUT2D eigenvalue weighted by molar-refractivity contribution is 6.35. The van der Waals surface area contributed by atoms with Crippen molar-refractivity contribution in [1.29, 1.82) is 0 Å². The average molecular weight is 287 g/mol. The lowest BCUT2D eigenvalue weighted by Crippen LogP contribution is -2.04. The number of rotatable bonds is 4. The summed E-state index contributed by atoms with van der Waals surface area (Å²) in [5.41, 5.74) is 1.54. The van der Waals surface area contributed by atoms with E-state index >= 15 is 0 Å². The SMILES string of the molecule is CNCc1nnc(Nc2cc(Cl)c(C)cc2Cl)o1. The summed E-state index contributed by atoms with van der Waals surface area (Å²) in [5, 5.41) is 14.7. The number of aromatic nitrogens is 2. The zero-order valence-corrected chi connectivity index (χ0v) is 11.4. The molecule has 2 aromatic rings. The van der Waals surface area contributed by atoms with E-state index in [1.54, 1.807) is 19.2 Å². The number of nitrogens with zero attached hydrogens (tertiary/aromatic N) is 2. The van der Waals surface area contributed by atoms with Crippen molar-refractivity contribution in [3.63, 3.8) is 0 Å². The van der Waals surface area contributed by atoms with Crippen molar-refractivity contribution in [3.8, 4) is 0 Å². The fourth-order valence-corrected chi connectivity index (χ4v) is 1.81. The first kappa shape index (κ1) is 13.1. The molecule has 0 saturated carbocycles. The van der Waals surface area contributed by atoms with E-state index in [-0.39, 0.29) is 6.01 Å². The fraction of sp³-hybridized carbons (Fsp3) is 0.273. The Morgan fingerprint density at radius 1 is 1.22 bits per heavy atom. The molecule has 0 radical (unpaired) electrons. The van der Waals surface area contributed by atoms with Gasteiger partial charge in [-0.05, 0) is 31.7 Å². The maximum absolute atomic E-state index is 6.10. The first-order chi connectivity index (χ1) is 8.60. The van der Waals surface area contributed by atoms with Crippen LogP contribution in [0.4, 0.5) is 11.7 Å². The first-order valence-electron chi connectivity index (χ1n) is 5.30. The number of hydrogen-bond acceptors (Lipinski definition) is 5. The molecule has 2 N–H and O–H groups in total. The van der Waals surface area contributed by atoms with Crippen molar-refractivity contribution >= 4 is 34.9 Å². The van der Waals surface area contributed by atoms with Gasteiger partial charge in [0.1, 0.15) is 0 Å². The van der Waals surface area contributed by atoms with Gasteiger partial charge in [0, 0.05) is 5.02 Å². The van der Waals surface area contributed by atoms with Crippen LogP contribution in [-0.4, -0.2) is 17.2 Å². The second kappa shape index (κ2) is 5.56. The summed E-state index contributed by atoms with van der Waals surface area (Å²) in [6.07, 6.45) is 0. The monoisotopic (exact) mass is 286 g/mol. The van der Waals surface area contributed by atoms with Crippen molar-refractivity contribution in [3.05, 3.63) is 33.6 Å². The molecule has 5 nitrogen and oxygen atoms in total. The van der Waals surface area contributed by atoms with E-state index in [0.717, 1.165) is 5.56 Å². The van der Waals surface area contributed by atoms with Crippen LogP contribution >= 0.6 is 23.2 Å². The molecule has 0 amide bonds. The van der Waals surface area contributed by atoms with Gasteiger partial charge in [-0.3, -0.25) is 0 Å². The van der Waals surface area contributed by atoms with Gasteiger partial charge >= 0.3 is 6.01 Å². The number of nitrogens with one attached hydrogen (secondary N) is 2. The third-order valence-corrected chi connectivity index (χ3v) is 3.00. The van der Waals surface area contributed by atoms with Crippen molar-refractivity contribution < 1.29 is 4.42 Å². The van der Waals surface area contributed by atoms with Gasteiger partial charge in [0.05, 0.1) is 17.3 Å². The molecule has 0 aliphatic rings. The van der Waals surface area contributed by atoms with Crippen LogP contribution in [0.3, 0.4) is 0 Å². The predicted octanol–water partition coefficient (Wildman–Crippen LogP) is 3.15. The van der Waals surface area contributed by atoms with Crippen molar-refractivity contribution in [2.24, 2.45) is 0 Å². The van der Waals surface area contributed by atoms with Crippen LogP contribution < -0.4 is 10.6 Å². The average Bonchev–Trinajstić information content (AvgIpc) is 2.74. The maximum Gasteiger partial charge on any atom is 0.320 e. The minimum Gasteiger partial charge on any atom is -0.406 e. The third kappa shape index (κ3) is 2.93. The molecule has 0 spiro atoms. The normalized spacial score (nSPS) is 10.7. The van der Waals surface area contributed by atoms with E-state index in [0.29, 0.717) is 28.2 Å². The van der Waals surface area contributed by atoms with Gasteiger partial charge in [-0.15, -0.1) is 5.10 Å². The van der Waals surface area contributed by atoms with E-state index in [9.17, 15) is 0 Å². The molecule has 0 unspecified atom stereocenters. The molecule has 1 heterocycles. The topological polar surface area (TPSA) is 63.0 Å². The molecular formula is C11H12Cl2N4O. The Morgan fingerprint density at radius 3 is 2.72 bits per heavy atom. The van der Waals surface area contributed by atoms with E-state index < -0.39 is 0 Å². The van der Waals surface area contributed by atoms with Crippen LogP contribution in [0.25, 0.3) is 0 Å². The summed E-state index contributed by atoms with van der Waals surface area (Å²) in [6, 6.07) is 3.78. The Kier molecular flexibility index (Phi) is 4.06. The molecule has 18 heavy (non-hydrogen) atoms. The van der Waals surface area contributed by atoms with Crippen LogP contribution in [0.15, 0.2) is 16.5 Å². The highest BCUT2D eigenvalue weighted by Gasteiger charge is 2.09. The summed E-state index contributed by atoms with van der Waals surface area (Å²) in [4.78, 5) is 0. The van der Waals surface area contributed by atoms with Gasteiger partial charge in [0.25, 0.3) is 0 Å². The zero-order valence-electron chi connectivity index (χ0n) is 9.92. The lowest BCUT2D eigenvalue weighted by molar-refractivity contribution is 0.493. The Hall–Kier alpha value is -1.30. The van der Waals surface area contributed by atoms with Crippen LogP contribution in [0.1, 0.15) is 11.5 Å². The highest BCUT2D eigenvalue weighted by Crippen LogP contribution is 2.30. The summed E-state index contributed by atoms with van der Waals surface area (Å²) in [6.45, 7) is 2.40. The van der Waals surface area contributed by atoms with E-state index in [1.807, 2.05) is 6.92 Å². The molecule has 0 bridgehead atoms. The van der Waals surface area contributed by atoms with Crippen LogP contribution in [-0.2, 0) is 6.54 Å². The van der Waals surface area contributed by atoms with Crippen LogP contribution in [0, 0.1) is 6.92 Å². The number of hydrogen-bond donors (Lipinski definition) is 2. The number of halogens is 2. The van der Waals surface area contributed by atoms with Gasteiger partial charge in [0.2, 0.25) is 5.89 Å². The minimum absolute atomic E-state index is 0.280. The first-order valence-corrected chi connectivity index (χ1v) is 6.05. The smallest absolute Gasteiger partial charge is 0.320 e. The Morgan fingerprint density at radius 2 is 2.00 bits per heavy atom. The summed E-state index contributed by atoms with van der Waals surface area (Å²) in [7, 11) is 1.80. The van der Waals surface area contributed by atoms with E-state index in [4.69, 9.17) is 27.6 Å². The Balaban J connectivity index is 2.20. The lowest BCUT2D eigenvalue weighted by Gasteiger charge is -2.06. The molecule has 1 aromatic heterocycles. The molecule has 1 aromatic carbocycles. The van der Waals surface area contributed by atoms with Crippen molar-refractivity contribution in [1.82, 2.24) is 15.5 Å². The van der Waals surface area contributed by atoms with Crippen LogP contribution in [0.5, 0.6) is 0 Å². The van der Waals surface area contributed by atoms with Gasteiger partial charge in [-0.25, -0.2) is 0 Å². The molecule has 0 atom stereocenters. The standard InChI is InChI=1S/C11H12Cl2N4O/c1-6-3-8(13)9(4-7(6)12)15-11-17-16-10(18-11)5-14-2/h3-4,14H,5H2,1-2H3,(H,15,17). The number of benzene rings is 1. The molecule has 0 aliphatic heterocycles. The van der Waals surface area contributed by atoms with E-state index in [2.05, 4.69) is 20.8 Å². The number of anilines is 2. The molecule has 2 rings (SSSR count). The molecule has 0 aliphatic carbocycles. The Labute approximate surface area is 114 Å². The van der Waals surface area contributed by atoms with Gasteiger partial charge in [-0.1, -0.05) is 28.3 Å². The predicted molar refractivity (Wildman–Crippen MR) is 71.5 cm³/mol. The summed E-state index contributed by atoms with van der Waals surface area (Å²) in [5.74, 6) is 0.495. The summed E-state index contributed by atoms with van der Waals surface area (Å²) < 4.78 is 5.36. The van der Waals surface area contributed by atoms with Gasteiger partial charge in [0.15, 0.2) is 0 Å². The Bertz CT molecular complexity index is 556. The molecule has 7 heteroatoms. The molecular weight excluding hydrogens is 275 g/mol. The third-order valence-electron chi connectivity index (χ3n) is 2.28. The van der Waals surface area contributed by atoms with Crippen molar-refractivity contribution in [2.75, 3.05) is 12.4 Å². The molecule has 0 saturated heterocycles.